The van der Waals surface area contributed by atoms with Gasteiger partial charge in [0, 0.05) is 27.1 Å². The van der Waals surface area contributed by atoms with Gasteiger partial charge in [-0.15, -0.1) is 6.42 Å². The molecule has 7 aromatic carbocycles. The number of rotatable bonds is 2. The highest BCUT2D eigenvalue weighted by Crippen LogP contribution is 2.38. The van der Waals surface area contributed by atoms with E-state index in [-0.39, 0.29) is 0 Å². The smallest absolute Gasteiger partial charge is 0.220 e. The van der Waals surface area contributed by atoms with Crippen molar-refractivity contribution in [2.75, 3.05) is 0 Å². The number of furan rings is 2. The molecule has 0 aliphatic rings. The molecule has 0 N–H and O–H groups in total. The van der Waals surface area contributed by atoms with Crippen molar-refractivity contribution in [3.05, 3.63) is 145 Å². The molecule has 0 fully saturated rings. The van der Waals surface area contributed by atoms with Crippen LogP contribution in [0.3, 0.4) is 0 Å². The largest absolute Gasteiger partial charge is 0.456 e. The van der Waals surface area contributed by atoms with E-state index in [0.29, 0.717) is 5.56 Å². The maximum atomic E-state index is 9.60. The highest BCUT2D eigenvalue weighted by molar-refractivity contribution is 6.08. The molecule has 0 bridgehead atoms. The summed E-state index contributed by atoms with van der Waals surface area (Å²) in [7, 11) is 0. The second-order valence-electron chi connectivity index (χ2n) is 14.2. The molecule has 0 aliphatic carbocycles. The third kappa shape index (κ3) is 3.68. The summed E-state index contributed by atoms with van der Waals surface area (Å²) < 4.78 is 21.2. The van der Waals surface area contributed by atoms with E-state index in [2.05, 4.69) is 115 Å². The molecule has 0 amide bonds. The van der Waals surface area contributed by atoms with Crippen molar-refractivity contribution in [2.24, 2.45) is 0 Å². The predicted molar refractivity (Wildman–Crippen MR) is 220 cm³/mol. The Balaban J connectivity index is 1.07. The number of hydrogen-bond acceptors (Lipinski definition) is 5. The van der Waals surface area contributed by atoms with Crippen molar-refractivity contribution in [1.82, 2.24) is 27.9 Å². The molecule has 0 saturated carbocycles. The Morgan fingerprint density at radius 2 is 0.911 bits per heavy atom. The van der Waals surface area contributed by atoms with Gasteiger partial charge in [-0.2, -0.15) is 5.26 Å². The van der Waals surface area contributed by atoms with Gasteiger partial charge in [0.1, 0.15) is 22.3 Å². The maximum absolute atomic E-state index is 9.60. The Bertz CT molecular complexity index is 3720. The minimum atomic E-state index is 0.591. The van der Waals surface area contributed by atoms with Gasteiger partial charge in [-0.25, -0.2) is 9.97 Å². The minimum Gasteiger partial charge on any atom is -0.456 e. The summed E-state index contributed by atoms with van der Waals surface area (Å²) in [5.41, 5.74) is 14.2. The zero-order valence-corrected chi connectivity index (χ0v) is 29.2. The zero-order chi connectivity index (χ0) is 36.8. The van der Waals surface area contributed by atoms with Crippen molar-refractivity contribution >= 4 is 99.6 Å². The first-order valence-electron chi connectivity index (χ1n) is 18.2. The molecule has 9 nitrogen and oxygen atoms in total. The summed E-state index contributed by atoms with van der Waals surface area (Å²) in [6, 6.07) is 47.1. The molecule has 56 heavy (non-hydrogen) atoms. The van der Waals surface area contributed by atoms with E-state index < -0.39 is 0 Å². The van der Waals surface area contributed by atoms with Crippen molar-refractivity contribution < 1.29 is 8.83 Å². The fraction of sp³-hybridized carbons (Fsp3) is 0. The number of hydrogen-bond donors (Lipinski definition) is 0. The van der Waals surface area contributed by atoms with Gasteiger partial charge in [0.25, 0.3) is 0 Å². The summed E-state index contributed by atoms with van der Waals surface area (Å²) >= 11 is 0. The number of aromatic nitrogens is 6. The van der Waals surface area contributed by atoms with Crippen molar-refractivity contribution in [3.8, 4) is 29.8 Å². The highest BCUT2D eigenvalue weighted by Gasteiger charge is 2.23. The molecule has 13 rings (SSSR count). The Kier molecular flexibility index (Phi) is 5.34. The van der Waals surface area contributed by atoms with Gasteiger partial charge >= 0.3 is 0 Å². The van der Waals surface area contributed by atoms with Crippen LogP contribution in [0.5, 0.6) is 0 Å². The first-order chi connectivity index (χ1) is 27.6. The van der Waals surface area contributed by atoms with E-state index in [1.165, 1.54) is 0 Å². The van der Waals surface area contributed by atoms with E-state index >= 15 is 0 Å². The number of para-hydroxylation sites is 4. The molecular weight excluding hydrogens is 695 g/mol. The van der Waals surface area contributed by atoms with Gasteiger partial charge in [0.2, 0.25) is 11.6 Å². The van der Waals surface area contributed by atoms with Gasteiger partial charge in [0.05, 0.1) is 67.1 Å². The molecule has 6 aromatic heterocycles. The van der Waals surface area contributed by atoms with Crippen LogP contribution < -0.4 is 0 Å². The maximum Gasteiger partial charge on any atom is 0.220 e. The fourth-order valence-corrected chi connectivity index (χ4v) is 8.78. The third-order valence-electron chi connectivity index (χ3n) is 11.2. The molecule has 258 valence electrons. The lowest BCUT2D eigenvalue weighted by atomic mass is 10.1. The van der Waals surface area contributed by atoms with Crippen LogP contribution in [-0.4, -0.2) is 27.9 Å². The fourth-order valence-electron chi connectivity index (χ4n) is 8.78. The molecule has 0 radical (unpaired) electrons. The normalized spacial score (nSPS) is 12.2. The Morgan fingerprint density at radius 1 is 0.464 bits per heavy atom. The van der Waals surface area contributed by atoms with Gasteiger partial charge in [0.15, 0.2) is 0 Å². The third-order valence-corrected chi connectivity index (χ3v) is 11.2. The molecule has 6 heterocycles. The monoisotopic (exact) mass is 717 g/mol. The van der Waals surface area contributed by atoms with E-state index in [0.717, 1.165) is 117 Å². The summed E-state index contributed by atoms with van der Waals surface area (Å²) in [5.74, 6) is 4.34. The van der Waals surface area contributed by atoms with Gasteiger partial charge in [-0.1, -0.05) is 30.2 Å². The van der Waals surface area contributed by atoms with E-state index in [1.807, 2.05) is 42.5 Å². The molecule has 0 saturated heterocycles. The van der Waals surface area contributed by atoms with Gasteiger partial charge in [-0.3, -0.25) is 17.9 Å². The second kappa shape index (κ2) is 10.2. The topological polar surface area (TPSA) is 94.5 Å². The average Bonchev–Trinajstić information content (AvgIpc) is 4.07. The van der Waals surface area contributed by atoms with Crippen LogP contribution in [0.25, 0.3) is 111 Å². The molecule has 9 heteroatoms. The predicted octanol–water partition coefficient (Wildman–Crippen LogP) is 10.8. The Morgan fingerprint density at radius 3 is 1.41 bits per heavy atom. The Hall–Kier alpha value is -8.27. The molecular formula is C47H23N7O2. The average molecular weight is 718 g/mol. The second-order valence-corrected chi connectivity index (χ2v) is 14.2. The van der Waals surface area contributed by atoms with Crippen molar-refractivity contribution in [3.63, 3.8) is 0 Å². The van der Waals surface area contributed by atoms with Crippen LogP contribution >= 0.6 is 0 Å². The molecule has 0 atom stereocenters. The summed E-state index contributed by atoms with van der Waals surface area (Å²) in [6.07, 6.45) is 5.76. The van der Waals surface area contributed by atoms with Gasteiger partial charge < -0.3 is 8.83 Å². The molecule has 13 aromatic rings. The van der Waals surface area contributed by atoms with Crippen molar-refractivity contribution in [1.29, 1.82) is 5.26 Å². The number of terminal acetylenes is 1. The summed E-state index contributed by atoms with van der Waals surface area (Å²) in [4.78, 5) is 10.6. The van der Waals surface area contributed by atoms with Crippen LogP contribution in [0.1, 0.15) is 11.1 Å². The van der Waals surface area contributed by atoms with Crippen molar-refractivity contribution in [2.45, 2.75) is 0 Å². The first-order valence-corrected chi connectivity index (χ1v) is 18.2. The summed E-state index contributed by atoms with van der Waals surface area (Å²) in [6.45, 7) is 0. The van der Waals surface area contributed by atoms with Crippen LogP contribution in [0.15, 0.2) is 142 Å². The van der Waals surface area contributed by atoms with Crippen LogP contribution in [-0.2, 0) is 0 Å². The number of benzene rings is 7. The number of imidazole rings is 4. The Labute approximate surface area is 315 Å². The molecule has 0 unspecified atom stereocenters. The molecule has 0 aliphatic heterocycles. The zero-order valence-electron chi connectivity index (χ0n) is 29.2. The van der Waals surface area contributed by atoms with Gasteiger partial charge in [-0.05, 0) is 109 Å². The lowest BCUT2D eigenvalue weighted by Crippen LogP contribution is -1.95. The van der Waals surface area contributed by atoms with Crippen LogP contribution in [0.2, 0.25) is 0 Å². The van der Waals surface area contributed by atoms with Crippen LogP contribution in [0, 0.1) is 23.7 Å². The number of fused-ring (bicyclic) bond motifs is 16. The lowest BCUT2D eigenvalue weighted by molar-refractivity contribution is 0.668. The minimum absolute atomic E-state index is 0.591. The van der Waals surface area contributed by atoms with E-state index in [1.54, 1.807) is 6.07 Å². The van der Waals surface area contributed by atoms with E-state index in [9.17, 15) is 5.26 Å². The summed E-state index contributed by atoms with van der Waals surface area (Å²) in [5, 5.41) is 13.4. The number of nitrogens with zero attached hydrogens (tertiary/aromatic N) is 7. The number of nitriles is 1. The highest BCUT2D eigenvalue weighted by atomic mass is 16.3. The first kappa shape index (κ1) is 29.2. The molecule has 0 spiro atoms. The SMILES string of the molecule is C#Cc1ccc2oc3ccc(-n4c5ccccc5n5c6cc7c(cc6nc45)nc4n(-c5ccc6oc8ccc(C#N)cc8c6c5)c5ccccc5n74)cc3c2c1. The van der Waals surface area contributed by atoms with Crippen LogP contribution in [0.4, 0.5) is 0 Å². The van der Waals surface area contributed by atoms with E-state index in [4.69, 9.17) is 25.2 Å². The lowest BCUT2D eigenvalue weighted by Gasteiger charge is -2.05. The standard InChI is InChI=1S/C47H23N7O2/c1-2-26-11-15-42-30(19-26)32-21-28(13-17-44(32)55-42)51-36-7-3-5-9-38(36)53-40-24-41-35(23-34(40)49-46(51)53)50-47-52(37-8-4-6-10-39(37)54(41)47)29-14-18-45-33(22-29)31-20-27(25-48)12-16-43(31)56-45/h1,3-24H. The quantitative estimate of drug-likeness (QED) is 0.166.